The molecular formula is C18H23N3O5S. The van der Waals surface area contributed by atoms with Crippen molar-refractivity contribution in [2.75, 3.05) is 24.4 Å². The predicted octanol–water partition coefficient (Wildman–Crippen LogP) is 2.18. The first-order valence-corrected chi connectivity index (χ1v) is 9.80. The molecule has 1 atom stereocenters. The maximum Gasteiger partial charge on any atom is 0.246 e. The van der Waals surface area contributed by atoms with E-state index in [1.54, 1.807) is 32.2 Å². The Labute approximate surface area is 158 Å². The maximum absolute atomic E-state index is 12.4. The second-order valence-corrected chi connectivity index (χ2v) is 7.28. The minimum atomic E-state index is -3.77. The first-order valence-electron chi connectivity index (χ1n) is 8.25. The van der Waals surface area contributed by atoms with Gasteiger partial charge in [0.1, 0.15) is 6.04 Å². The Bertz CT molecular complexity index is 898. The fraction of sp³-hybridized carbons (Fsp3) is 0.278. The second kappa shape index (κ2) is 8.74. The summed E-state index contributed by atoms with van der Waals surface area (Å²) in [4.78, 5) is 12.3. The lowest BCUT2D eigenvalue weighted by atomic mass is 10.2. The summed E-state index contributed by atoms with van der Waals surface area (Å²) >= 11 is 0. The SMILES string of the molecule is CCOc1ccc(N[C@H](C)C(=O)Nc2ccc(S(N)(=O)=O)cc2)cc1OC. The van der Waals surface area contributed by atoms with Crippen LogP contribution in [0.5, 0.6) is 11.5 Å². The monoisotopic (exact) mass is 393 g/mol. The molecule has 0 aliphatic rings. The highest BCUT2D eigenvalue weighted by Crippen LogP contribution is 2.30. The van der Waals surface area contributed by atoms with E-state index < -0.39 is 16.1 Å². The van der Waals surface area contributed by atoms with E-state index in [1.165, 1.54) is 24.3 Å². The van der Waals surface area contributed by atoms with E-state index in [-0.39, 0.29) is 10.8 Å². The molecule has 2 rings (SSSR count). The molecule has 0 saturated carbocycles. The molecule has 0 unspecified atom stereocenters. The van der Waals surface area contributed by atoms with Gasteiger partial charge in [-0.15, -0.1) is 0 Å². The molecule has 2 aromatic carbocycles. The Kier molecular flexibility index (Phi) is 6.65. The normalized spacial score (nSPS) is 12.1. The number of sulfonamides is 1. The third-order valence-electron chi connectivity index (χ3n) is 3.69. The lowest BCUT2D eigenvalue weighted by molar-refractivity contribution is -0.116. The van der Waals surface area contributed by atoms with Crippen molar-refractivity contribution in [1.82, 2.24) is 0 Å². The molecule has 0 bridgehead atoms. The number of hydrogen-bond donors (Lipinski definition) is 3. The highest BCUT2D eigenvalue weighted by Gasteiger charge is 2.15. The first-order chi connectivity index (χ1) is 12.7. The fourth-order valence-corrected chi connectivity index (χ4v) is 2.84. The fourth-order valence-electron chi connectivity index (χ4n) is 2.33. The minimum absolute atomic E-state index is 0.0202. The molecule has 9 heteroatoms. The summed E-state index contributed by atoms with van der Waals surface area (Å²) in [6.45, 7) is 4.11. The van der Waals surface area contributed by atoms with Crippen molar-refractivity contribution in [1.29, 1.82) is 0 Å². The number of nitrogens with two attached hydrogens (primary N) is 1. The number of nitrogens with one attached hydrogen (secondary N) is 2. The topological polar surface area (TPSA) is 120 Å². The molecule has 1 amide bonds. The maximum atomic E-state index is 12.4. The number of amides is 1. The zero-order chi connectivity index (χ0) is 20.0. The van der Waals surface area contributed by atoms with Gasteiger partial charge in [-0.05, 0) is 50.2 Å². The molecule has 8 nitrogen and oxygen atoms in total. The number of benzene rings is 2. The van der Waals surface area contributed by atoms with Crippen molar-refractivity contribution in [3.8, 4) is 11.5 Å². The van der Waals surface area contributed by atoms with E-state index >= 15 is 0 Å². The van der Waals surface area contributed by atoms with Crippen molar-refractivity contribution < 1.29 is 22.7 Å². The summed E-state index contributed by atoms with van der Waals surface area (Å²) in [5.74, 6) is 0.900. The lowest BCUT2D eigenvalue weighted by Crippen LogP contribution is -2.31. The van der Waals surface area contributed by atoms with Crippen LogP contribution in [-0.4, -0.2) is 34.1 Å². The number of primary sulfonamides is 1. The van der Waals surface area contributed by atoms with Gasteiger partial charge in [0.25, 0.3) is 0 Å². The lowest BCUT2D eigenvalue weighted by Gasteiger charge is -2.17. The van der Waals surface area contributed by atoms with Crippen LogP contribution >= 0.6 is 0 Å². The van der Waals surface area contributed by atoms with Gasteiger partial charge in [0.2, 0.25) is 15.9 Å². The third-order valence-corrected chi connectivity index (χ3v) is 4.62. The van der Waals surface area contributed by atoms with Crippen LogP contribution in [0.15, 0.2) is 47.4 Å². The third kappa shape index (κ3) is 5.60. The number of methoxy groups -OCH3 is 1. The number of rotatable bonds is 8. The Balaban J connectivity index is 2.03. The Hall–Kier alpha value is -2.78. The molecule has 27 heavy (non-hydrogen) atoms. The van der Waals surface area contributed by atoms with E-state index in [9.17, 15) is 13.2 Å². The van der Waals surface area contributed by atoms with Crippen LogP contribution in [0.3, 0.4) is 0 Å². The quantitative estimate of drug-likeness (QED) is 0.632. The van der Waals surface area contributed by atoms with Crippen LogP contribution in [0.2, 0.25) is 0 Å². The molecule has 0 aliphatic heterocycles. The smallest absolute Gasteiger partial charge is 0.246 e. The van der Waals surface area contributed by atoms with E-state index in [0.29, 0.717) is 29.5 Å². The second-order valence-electron chi connectivity index (χ2n) is 5.72. The molecule has 146 valence electrons. The summed E-state index contributed by atoms with van der Waals surface area (Å²) < 4.78 is 33.3. The molecule has 0 spiro atoms. The summed E-state index contributed by atoms with van der Waals surface area (Å²) in [6.07, 6.45) is 0. The van der Waals surface area contributed by atoms with Crippen LogP contribution in [-0.2, 0) is 14.8 Å². The van der Waals surface area contributed by atoms with Crippen LogP contribution in [0.4, 0.5) is 11.4 Å². The summed E-state index contributed by atoms with van der Waals surface area (Å²) in [5, 5.41) is 10.8. The van der Waals surface area contributed by atoms with Crippen molar-refractivity contribution in [2.24, 2.45) is 5.14 Å². The molecule has 0 saturated heterocycles. The number of ether oxygens (including phenoxy) is 2. The van der Waals surface area contributed by atoms with Gasteiger partial charge in [-0.1, -0.05) is 0 Å². The van der Waals surface area contributed by atoms with Crippen molar-refractivity contribution in [2.45, 2.75) is 24.8 Å². The minimum Gasteiger partial charge on any atom is -0.493 e. The van der Waals surface area contributed by atoms with Crippen molar-refractivity contribution >= 4 is 27.3 Å². The Morgan fingerprint density at radius 3 is 2.30 bits per heavy atom. The predicted molar refractivity (Wildman–Crippen MR) is 104 cm³/mol. The number of hydrogen-bond acceptors (Lipinski definition) is 6. The van der Waals surface area contributed by atoms with E-state index in [4.69, 9.17) is 14.6 Å². The van der Waals surface area contributed by atoms with E-state index in [2.05, 4.69) is 10.6 Å². The zero-order valence-electron chi connectivity index (χ0n) is 15.4. The van der Waals surface area contributed by atoms with Gasteiger partial charge >= 0.3 is 0 Å². The Morgan fingerprint density at radius 2 is 1.74 bits per heavy atom. The van der Waals surface area contributed by atoms with Crippen LogP contribution in [0.1, 0.15) is 13.8 Å². The van der Waals surface area contributed by atoms with Gasteiger partial charge < -0.3 is 20.1 Å². The molecule has 2 aromatic rings. The summed E-state index contributed by atoms with van der Waals surface area (Å²) in [6, 6.07) is 10.4. The molecule has 0 heterocycles. The van der Waals surface area contributed by atoms with E-state index in [1.807, 2.05) is 6.92 Å². The van der Waals surface area contributed by atoms with Gasteiger partial charge in [0.15, 0.2) is 11.5 Å². The molecule has 0 aromatic heterocycles. The molecule has 0 radical (unpaired) electrons. The molecule has 4 N–H and O–H groups in total. The summed E-state index contributed by atoms with van der Waals surface area (Å²) in [5.41, 5.74) is 1.16. The summed E-state index contributed by atoms with van der Waals surface area (Å²) in [7, 11) is -2.22. The number of anilines is 2. The average Bonchev–Trinajstić information content (AvgIpc) is 2.62. The van der Waals surface area contributed by atoms with E-state index in [0.717, 1.165) is 0 Å². The molecular weight excluding hydrogens is 370 g/mol. The van der Waals surface area contributed by atoms with Gasteiger partial charge in [0.05, 0.1) is 18.6 Å². The highest BCUT2D eigenvalue weighted by molar-refractivity contribution is 7.89. The number of carbonyl (C=O) groups excluding carboxylic acids is 1. The van der Waals surface area contributed by atoms with Crippen LogP contribution < -0.4 is 25.2 Å². The zero-order valence-corrected chi connectivity index (χ0v) is 16.2. The highest BCUT2D eigenvalue weighted by atomic mass is 32.2. The van der Waals surface area contributed by atoms with Gasteiger partial charge in [0, 0.05) is 17.4 Å². The van der Waals surface area contributed by atoms with Gasteiger partial charge in [-0.2, -0.15) is 0 Å². The average molecular weight is 393 g/mol. The van der Waals surface area contributed by atoms with Crippen LogP contribution in [0.25, 0.3) is 0 Å². The standard InChI is InChI=1S/C18H23N3O5S/c1-4-26-16-10-7-14(11-17(16)25-3)20-12(2)18(22)21-13-5-8-15(9-6-13)27(19,23)24/h5-12,20H,4H2,1-3H3,(H,21,22)(H2,19,23,24)/t12-/m1/s1. The van der Waals surface area contributed by atoms with Gasteiger partial charge in [-0.25, -0.2) is 13.6 Å². The first kappa shape index (κ1) is 20.5. The van der Waals surface area contributed by atoms with Crippen molar-refractivity contribution in [3.05, 3.63) is 42.5 Å². The van der Waals surface area contributed by atoms with Crippen LogP contribution in [0, 0.1) is 0 Å². The van der Waals surface area contributed by atoms with Crippen molar-refractivity contribution in [3.63, 3.8) is 0 Å². The molecule has 0 aliphatic carbocycles. The van der Waals surface area contributed by atoms with Gasteiger partial charge in [-0.3, -0.25) is 4.79 Å². The molecule has 0 fully saturated rings. The largest absolute Gasteiger partial charge is 0.493 e. The number of carbonyl (C=O) groups is 1. The Morgan fingerprint density at radius 1 is 1.11 bits per heavy atom.